The van der Waals surface area contributed by atoms with Crippen LogP contribution in [0.3, 0.4) is 0 Å². The molecule has 8 nitrogen and oxygen atoms in total. The molecule has 8 heteroatoms. The molecule has 0 unspecified atom stereocenters. The smallest absolute Gasteiger partial charge is 0.241 e. The van der Waals surface area contributed by atoms with E-state index in [0.717, 1.165) is 54.1 Å². The number of piperidine rings is 1. The molecule has 164 valence electrons. The molecule has 4 rings (SSSR count). The quantitative estimate of drug-likeness (QED) is 0.472. The molecule has 1 aliphatic rings. The molecule has 32 heavy (non-hydrogen) atoms. The molecule has 1 atom stereocenters. The first kappa shape index (κ1) is 21.5. The van der Waals surface area contributed by atoms with Crippen LogP contribution < -0.4 is 21.3 Å². The average molecular weight is 431 g/mol. The van der Waals surface area contributed by atoms with E-state index in [-0.39, 0.29) is 17.9 Å². The van der Waals surface area contributed by atoms with Crippen LogP contribution in [-0.4, -0.2) is 34.4 Å². The number of hydrogen-bond acceptors (Lipinski definition) is 6. The highest BCUT2D eigenvalue weighted by atomic mass is 16.2. The molecular formula is C24H26N6O2. The van der Waals surface area contributed by atoms with Crippen molar-refractivity contribution in [3.8, 4) is 11.3 Å². The minimum Gasteiger partial charge on any atom is -0.340 e. The van der Waals surface area contributed by atoms with Crippen molar-refractivity contribution in [2.75, 3.05) is 22.5 Å². The van der Waals surface area contributed by atoms with Gasteiger partial charge in [-0.05, 0) is 55.8 Å². The zero-order valence-corrected chi connectivity index (χ0v) is 17.9. The highest BCUT2D eigenvalue weighted by Gasteiger charge is 2.20. The number of nitrogens with one attached hydrogen (secondary N) is 4. The first-order chi connectivity index (χ1) is 15.6. The third kappa shape index (κ3) is 5.67. The van der Waals surface area contributed by atoms with Gasteiger partial charge >= 0.3 is 0 Å². The van der Waals surface area contributed by atoms with Crippen LogP contribution in [0, 0.1) is 0 Å². The highest BCUT2D eigenvalue weighted by molar-refractivity contribution is 5.95. The number of carbonyl (C=O) groups is 2. The van der Waals surface area contributed by atoms with Gasteiger partial charge in [0.25, 0.3) is 0 Å². The van der Waals surface area contributed by atoms with E-state index in [4.69, 9.17) is 0 Å². The van der Waals surface area contributed by atoms with Gasteiger partial charge in [-0.25, -0.2) is 9.97 Å². The minimum absolute atomic E-state index is 0.00960. The van der Waals surface area contributed by atoms with Gasteiger partial charge in [0.1, 0.15) is 12.1 Å². The van der Waals surface area contributed by atoms with E-state index in [2.05, 4.69) is 31.2 Å². The number of benzene rings is 2. The maximum Gasteiger partial charge on any atom is 0.241 e. The SMILES string of the molecule is CC(=O)Nc1ccc(-c2cc(Nc3ccc(NC(=O)[C@@H]4CCCCN4)cc3)ncn2)cc1. The predicted octanol–water partition coefficient (Wildman–Crippen LogP) is 3.93. The molecule has 4 N–H and O–H groups in total. The number of amides is 2. The van der Waals surface area contributed by atoms with E-state index in [9.17, 15) is 9.59 Å². The standard InChI is InChI=1S/C24H26N6O2/c1-16(31)28-18-7-5-17(6-8-18)22-14-23(27-15-26-22)29-19-9-11-20(12-10-19)30-24(32)21-4-2-3-13-25-21/h5-12,14-15,21,25H,2-4,13H2,1H3,(H,28,31)(H,30,32)(H,26,27,29)/t21-/m0/s1. The average Bonchev–Trinajstić information content (AvgIpc) is 2.81. The second kappa shape index (κ2) is 10.0. The Morgan fingerprint density at radius 3 is 2.28 bits per heavy atom. The molecule has 1 saturated heterocycles. The van der Waals surface area contributed by atoms with Gasteiger partial charge in [-0.2, -0.15) is 0 Å². The fraction of sp³-hybridized carbons (Fsp3) is 0.250. The summed E-state index contributed by atoms with van der Waals surface area (Å²) in [6.07, 6.45) is 4.58. The molecule has 2 aromatic carbocycles. The fourth-order valence-corrected chi connectivity index (χ4v) is 3.60. The molecule has 1 aromatic heterocycles. The Morgan fingerprint density at radius 1 is 0.906 bits per heavy atom. The molecule has 0 radical (unpaired) electrons. The van der Waals surface area contributed by atoms with Crippen molar-refractivity contribution in [2.45, 2.75) is 32.2 Å². The van der Waals surface area contributed by atoms with Crippen molar-refractivity contribution in [2.24, 2.45) is 0 Å². The van der Waals surface area contributed by atoms with Crippen LogP contribution >= 0.6 is 0 Å². The Hall–Kier alpha value is -3.78. The lowest BCUT2D eigenvalue weighted by Crippen LogP contribution is -2.43. The number of rotatable bonds is 6. The largest absolute Gasteiger partial charge is 0.340 e. The normalized spacial score (nSPS) is 15.6. The zero-order valence-electron chi connectivity index (χ0n) is 17.9. The summed E-state index contributed by atoms with van der Waals surface area (Å²) in [5.74, 6) is 0.557. The Kier molecular flexibility index (Phi) is 6.72. The molecule has 0 spiro atoms. The van der Waals surface area contributed by atoms with Gasteiger partial charge in [-0.1, -0.05) is 18.6 Å². The maximum atomic E-state index is 12.4. The summed E-state index contributed by atoms with van der Waals surface area (Å²) in [7, 11) is 0. The molecule has 0 bridgehead atoms. The summed E-state index contributed by atoms with van der Waals surface area (Å²) in [6.45, 7) is 2.37. The third-order valence-electron chi connectivity index (χ3n) is 5.22. The summed E-state index contributed by atoms with van der Waals surface area (Å²) < 4.78 is 0. The summed E-state index contributed by atoms with van der Waals surface area (Å²) in [5, 5.41) is 12.2. The molecule has 2 heterocycles. The third-order valence-corrected chi connectivity index (χ3v) is 5.22. The molecule has 0 saturated carbocycles. The van der Waals surface area contributed by atoms with Gasteiger partial charge in [0, 0.05) is 35.6 Å². The lowest BCUT2D eigenvalue weighted by molar-refractivity contribution is -0.118. The Morgan fingerprint density at radius 2 is 1.59 bits per heavy atom. The van der Waals surface area contributed by atoms with Crippen molar-refractivity contribution >= 4 is 34.7 Å². The van der Waals surface area contributed by atoms with Crippen LogP contribution in [0.2, 0.25) is 0 Å². The Labute approximate surface area is 186 Å². The molecule has 2 amide bonds. The summed E-state index contributed by atoms with van der Waals surface area (Å²) in [5.41, 5.74) is 4.03. The highest BCUT2D eigenvalue weighted by Crippen LogP contribution is 2.23. The van der Waals surface area contributed by atoms with Crippen LogP contribution in [0.4, 0.5) is 22.9 Å². The van der Waals surface area contributed by atoms with Crippen LogP contribution in [0.25, 0.3) is 11.3 Å². The summed E-state index contributed by atoms with van der Waals surface area (Å²) in [4.78, 5) is 32.2. The Balaban J connectivity index is 1.39. The van der Waals surface area contributed by atoms with Crippen molar-refractivity contribution < 1.29 is 9.59 Å². The van der Waals surface area contributed by atoms with Crippen LogP contribution in [0.5, 0.6) is 0 Å². The van der Waals surface area contributed by atoms with E-state index in [1.807, 2.05) is 54.6 Å². The fourth-order valence-electron chi connectivity index (χ4n) is 3.60. The van der Waals surface area contributed by atoms with Crippen molar-refractivity contribution in [3.05, 3.63) is 60.9 Å². The van der Waals surface area contributed by atoms with Crippen molar-refractivity contribution in [1.29, 1.82) is 0 Å². The number of hydrogen-bond donors (Lipinski definition) is 4. The van der Waals surface area contributed by atoms with Gasteiger partial charge in [0.2, 0.25) is 11.8 Å². The molecule has 3 aromatic rings. The maximum absolute atomic E-state index is 12.4. The number of nitrogens with zero attached hydrogens (tertiary/aromatic N) is 2. The monoisotopic (exact) mass is 430 g/mol. The summed E-state index contributed by atoms with van der Waals surface area (Å²) >= 11 is 0. The first-order valence-electron chi connectivity index (χ1n) is 10.7. The van der Waals surface area contributed by atoms with Crippen LogP contribution in [-0.2, 0) is 9.59 Å². The predicted molar refractivity (Wildman–Crippen MR) is 126 cm³/mol. The van der Waals surface area contributed by atoms with Gasteiger partial charge in [0.15, 0.2) is 0 Å². The zero-order chi connectivity index (χ0) is 22.3. The minimum atomic E-state index is -0.117. The van der Waals surface area contributed by atoms with E-state index in [1.54, 1.807) is 0 Å². The second-order valence-corrected chi connectivity index (χ2v) is 7.74. The van der Waals surface area contributed by atoms with E-state index in [0.29, 0.717) is 5.82 Å². The van der Waals surface area contributed by atoms with Crippen LogP contribution in [0.15, 0.2) is 60.9 Å². The van der Waals surface area contributed by atoms with Crippen LogP contribution in [0.1, 0.15) is 26.2 Å². The molecule has 0 aliphatic carbocycles. The van der Waals surface area contributed by atoms with Gasteiger partial charge in [0.05, 0.1) is 11.7 Å². The number of carbonyl (C=O) groups excluding carboxylic acids is 2. The Bertz CT molecular complexity index is 1080. The van der Waals surface area contributed by atoms with E-state index >= 15 is 0 Å². The van der Waals surface area contributed by atoms with Gasteiger partial charge < -0.3 is 21.3 Å². The lowest BCUT2D eigenvalue weighted by atomic mass is 10.0. The van der Waals surface area contributed by atoms with Crippen molar-refractivity contribution in [3.63, 3.8) is 0 Å². The first-order valence-corrected chi connectivity index (χ1v) is 10.7. The van der Waals surface area contributed by atoms with Gasteiger partial charge in [-0.3, -0.25) is 9.59 Å². The number of aromatic nitrogens is 2. The number of anilines is 4. The molecular weight excluding hydrogens is 404 g/mol. The van der Waals surface area contributed by atoms with E-state index < -0.39 is 0 Å². The topological polar surface area (TPSA) is 108 Å². The van der Waals surface area contributed by atoms with Crippen molar-refractivity contribution in [1.82, 2.24) is 15.3 Å². The lowest BCUT2D eigenvalue weighted by Gasteiger charge is -2.22. The molecule has 1 fully saturated rings. The molecule has 1 aliphatic heterocycles. The van der Waals surface area contributed by atoms with Gasteiger partial charge in [-0.15, -0.1) is 0 Å². The van der Waals surface area contributed by atoms with E-state index in [1.165, 1.54) is 13.3 Å². The summed E-state index contributed by atoms with van der Waals surface area (Å²) in [6, 6.07) is 16.7. The second-order valence-electron chi connectivity index (χ2n) is 7.74.